The Bertz CT molecular complexity index is 458. The Morgan fingerprint density at radius 1 is 1.53 bits per heavy atom. The molecule has 4 nitrogen and oxygen atoms in total. The van der Waals surface area contributed by atoms with Gasteiger partial charge in [0.25, 0.3) is 0 Å². The molecule has 0 fully saturated rings. The summed E-state index contributed by atoms with van der Waals surface area (Å²) >= 11 is 0. The Hall–Kier alpha value is -1.46. The van der Waals surface area contributed by atoms with Gasteiger partial charge in [0.15, 0.2) is 0 Å². The molecule has 0 amide bonds. The zero-order chi connectivity index (χ0) is 14.6. The van der Waals surface area contributed by atoms with Gasteiger partial charge in [-0.2, -0.15) is 0 Å². The molecule has 0 saturated heterocycles. The number of aliphatic hydroxyl groups is 1. The highest BCUT2D eigenvalue weighted by Crippen LogP contribution is 2.14. The average Bonchev–Trinajstić information content (AvgIpc) is 2.35. The zero-order valence-corrected chi connectivity index (χ0v) is 11.7. The Kier molecular flexibility index (Phi) is 5.03. The molecule has 0 bridgehead atoms. The van der Waals surface area contributed by atoms with E-state index in [1.165, 1.54) is 19.2 Å². The van der Waals surface area contributed by atoms with E-state index < -0.39 is 23.4 Å². The van der Waals surface area contributed by atoms with Crippen LogP contribution in [-0.4, -0.2) is 29.8 Å². The van der Waals surface area contributed by atoms with Gasteiger partial charge in [-0.3, -0.25) is 0 Å². The maximum atomic E-state index is 13.7. The molecule has 2 N–H and O–H groups in total. The number of ether oxygens (including phenoxy) is 1. The van der Waals surface area contributed by atoms with E-state index in [0.29, 0.717) is 12.1 Å². The van der Waals surface area contributed by atoms with Crippen LogP contribution in [0, 0.1) is 5.82 Å². The van der Waals surface area contributed by atoms with E-state index in [9.17, 15) is 14.3 Å². The van der Waals surface area contributed by atoms with Crippen molar-refractivity contribution in [1.82, 2.24) is 5.32 Å². The zero-order valence-electron chi connectivity index (χ0n) is 11.7. The number of hydrogen-bond acceptors (Lipinski definition) is 4. The van der Waals surface area contributed by atoms with Crippen molar-refractivity contribution < 1.29 is 19.0 Å². The molecule has 1 aromatic carbocycles. The monoisotopic (exact) mass is 269 g/mol. The number of carbonyl (C=O) groups is 1. The van der Waals surface area contributed by atoms with Gasteiger partial charge in [-0.1, -0.05) is 6.07 Å². The average molecular weight is 269 g/mol. The first-order chi connectivity index (χ1) is 8.77. The van der Waals surface area contributed by atoms with Crippen LogP contribution in [0.3, 0.4) is 0 Å². The van der Waals surface area contributed by atoms with Crippen LogP contribution in [0.4, 0.5) is 4.39 Å². The largest absolute Gasteiger partial charge is 0.465 e. The molecule has 0 aliphatic heterocycles. The maximum absolute atomic E-state index is 13.7. The third kappa shape index (κ3) is 4.01. The molecule has 106 valence electrons. The van der Waals surface area contributed by atoms with Gasteiger partial charge in [-0.25, -0.2) is 9.18 Å². The smallest absolute Gasteiger partial charge is 0.340 e. The molecule has 0 aliphatic carbocycles. The summed E-state index contributed by atoms with van der Waals surface area (Å²) in [6.07, 6.45) is -0.535. The molecule has 1 aromatic rings. The second kappa shape index (κ2) is 6.12. The summed E-state index contributed by atoms with van der Waals surface area (Å²) in [6, 6.07) is 4.34. The second-order valence-electron chi connectivity index (χ2n) is 5.06. The minimum atomic E-state index is -0.693. The molecule has 0 aliphatic rings. The van der Waals surface area contributed by atoms with Crippen molar-refractivity contribution in [3.05, 3.63) is 35.1 Å². The van der Waals surface area contributed by atoms with Gasteiger partial charge >= 0.3 is 5.97 Å². The first-order valence-electron chi connectivity index (χ1n) is 6.07. The van der Waals surface area contributed by atoms with E-state index in [0.717, 1.165) is 0 Å². The lowest BCUT2D eigenvalue weighted by atomic mass is 9.98. The van der Waals surface area contributed by atoms with Crippen LogP contribution in [-0.2, 0) is 11.3 Å². The predicted molar refractivity (Wildman–Crippen MR) is 70.3 cm³/mol. The van der Waals surface area contributed by atoms with Crippen molar-refractivity contribution in [2.45, 2.75) is 39.0 Å². The van der Waals surface area contributed by atoms with Crippen LogP contribution in [0.15, 0.2) is 18.2 Å². The molecule has 1 atom stereocenters. The summed E-state index contributed by atoms with van der Waals surface area (Å²) in [5.41, 5.74) is 0.136. The van der Waals surface area contributed by atoms with Crippen molar-refractivity contribution in [2.75, 3.05) is 7.11 Å². The van der Waals surface area contributed by atoms with Crippen LogP contribution < -0.4 is 5.32 Å². The molecular formula is C14H20FNO3. The van der Waals surface area contributed by atoms with Gasteiger partial charge in [0.1, 0.15) is 5.82 Å². The third-order valence-electron chi connectivity index (χ3n) is 3.23. The van der Waals surface area contributed by atoms with Gasteiger partial charge in [-0.15, -0.1) is 0 Å². The molecule has 0 heterocycles. The third-order valence-corrected chi connectivity index (χ3v) is 3.23. The highest BCUT2D eigenvalue weighted by Gasteiger charge is 2.23. The van der Waals surface area contributed by atoms with E-state index in [1.807, 2.05) is 13.8 Å². The normalized spacial score (nSPS) is 13.2. The Labute approximate surface area is 112 Å². The van der Waals surface area contributed by atoms with Crippen LogP contribution in [0.1, 0.15) is 36.7 Å². The number of aliphatic hydroxyl groups excluding tert-OH is 1. The Morgan fingerprint density at radius 2 is 2.16 bits per heavy atom. The van der Waals surface area contributed by atoms with Crippen molar-refractivity contribution in [1.29, 1.82) is 0 Å². The molecule has 19 heavy (non-hydrogen) atoms. The molecule has 0 saturated carbocycles. The molecule has 0 radical (unpaired) electrons. The SMILES string of the molecule is COC(=O)c1ccc(CNC(C)(C)C(C)O)cc1F. The number of benzene rings is 1. The number of methoxy groups -OCH3 is 1. The van der Waals surface area contributed by atoms with E-state index in [-0.39, 0.29) is 5.56 Å². The van der Waals surface area contributed by atoms with E-state index in [4.69, 9.17) is 0 Å². The van der Waals surface area contributed by atoms with Gasteiger partial charge in [0.05, 0.1) is 18.8 Å². The number of nitrogens with one attached hydrogen (secondary N) is 1. The summed E-state index contributed by atoms with van der Waals surface area (Å²) in [7, 11) is 1.21. The topological polar surface area (TPSA) is 58.6 Å². The Balaban J connectivity index is 2.77. The second-order valence-corrected chi connectivity index (χ2v) is 5.06. The molecule has 0 spiro atoms. The first-order valence-corrected chi connectivity index (χ1v) is 6.07. The van der Waals surface area contributed by atoms with Gasteiger partial charge in [0, 0.05) is 12.1 Å². The minimum absolute atomic E-state index is 0.0824. The van der Waals surface area contributed by atoms with Crippen molar-refractivity contribution in [2.24, 2.45) is 0 Å². The quantitative estimate of drug-likeness (QED) is 0.801. The van der Waals surface area contributed by atoms with Crippen LogP contribution in [0.25, 0.3) is 0 Å². The lowest BCUT2D eigenvalue weighted by Gasteiger charge is -2.29. The van der Waals surface area contributed by atoms with E-state index in [1.54, 1.807) is 13.0 Å². The molecule has 1 rings (SSSR count). The molecule has 0 aromatic heterocycles. The van der Waals surface area contributed by atoms with Crippen LogP contribution in [0.5, 0.6) is 0 Å². The number of rotatable bonds is 5. The van der Waals surface area contributed by atoms with E-state index in [2.05, 4.69) is 10.1 Å². The van der Waals surface area contributed by atoms with Crippen molar-refractivity contribution in [3.8, 4) is 0 Å². The fourth-order valence-electron chi connectivity index (χ4n) is 1.42. The van der Waals surface area contributed by atoms with E-state index >= 15 is 0 Å². The fraction of sp³-hybridized carbons (Fsp3) is 0.500. The molecule has 5 heteroatoms. The summed E-state index contributed by atoms with van der Waals surface area (Å²) in [5.74, 6) is -1.30. The fourth-order valence-corrected chi connectivity index (χ4v) is 1.42. The summed E-state index contributed by atoms with van der Waals surface area (Å²) in [6.45, 7) is 5.80. The summed E-state index contributed by atoms with van der Waals surface area (Å²) in [5, 5.41) is 12.7. The maximum Gasteiger partial charge on any atom is 0.340 e. The van der Waals surface area contributed by atoms with Gasteiger partial charge in [0.2, 0.25) is 0 Å². The number of carbonyl (C=O) groups excluding carboxylic acids is 1. The minimum Gasteiger partial charge on any atom is -0.465 e. The lowest BCUT2D eigenvalue weighted by Crippen LogP contribution is -2.47. The number of hydrogen-bond donors (Lipinski definition) is 2. The molecular weight excluding hydrogens is 249 g/mol. The predicted octanol–water partition coefficient (Wildman–Crippen LogP) is 1.86. The standard InChI is InChI=1S/C14H20FNO3/c1-9(17)14(2,3)16-8-10-5-6-11(12(15)7-10)13(18)19-4/h5-7,9,16-17H,8H2,1-4H3. The molecule has 1 unspecified atom stereocenters. The summed E-state index contributed by atoms with van der Waals surface area (Å²) in [4.78, 5) is 11.2. The highest BCUT2D eigenvalue weighted by atomic mass is 19.1. The van der Waals surface area contributed by atoms with Crippen LogP contribution >= 0.6 is 0 Å². The number of esters is 1. The first kappa shape index (κ1) is 15.6. The Morgan fingerprint density at radius 3 is 2.63 bits per heavy atom. The number of halogens is 1. The highest BCUT2D eigenvalue weighted by molar-refractivity contribution is 5.89. The lowest BCUT2D eigenvalue weighted by molar-refractivity contribution is 0.0595. The van der Waals surface area contributed by atoms with Crippen molar-refractivity contribution >= 4 is 5.97 Å². The van der Waals surface area contributed by atoms with Gasteiger partial charge < -0.3 is 15.2 Å². The van der Waals surface area contributed by atoms with Crippen molar-refractivity contribution in [3.63, 3.8) is 0 Å². The van der Waals surface area contributed by atoms with Crippen LogP contribution in [0.2, 0.25) is 0 Å². The van der Waals surface area contributed by atoms with Gasteiger partial charge in [-0.05, 0) is 38.5 Å². The summed E-state index contributed by atoms with van der Waals surface area (Å²) < 4.78 is 18.2.